The van der Waals surface area contributed by atoms with Gasteiger partial charge in [-0.25, -0.2) is 9.78 Å². The van der Waals surface area contributed by atoms with Crippen LogP contribution >= 0.6 is 0 Å². The zero-order valence-corrected chi connectivity index (χ0v) is 11.8. The van der Waals surface area contributed by atoms with Crippen LogP contribution in [-0.4, -0.2) is 22.6 Å². The highest BCUT2D eigenvalue weighted by Gasteiger charge is 2.42. The Morgan fingerprint density at radius 3 is 2.55 bits per heavy atom. The molecule has 0 aromatic carbocycles. The first-order chi connectivity index (χ1) is 9.26. The van der Waals surface area contributed by atoms with E-state index in [1.54, 1.807) is 33.0 Å². The molecule has 6 nitrogen and oxygen atoms in total. The Kier molecular flexibility index (Phi) is 3.65. The summed E-state index contributed by atoms with van der Waals surface area (Å²) in [6.45, 7) is 5.38. The molecule has 1 aromatic heterocycles. The van der Waals surface area contributed by atoms with E-state index in [9.17, 15) is 9.59 Å². The van der Waals surface area contributed by atoms with E-state index in [2.05, 4.69) is 10.3 Å². The Bertz CT molecular complexity index is 519. The van der Waals surface area contributed by atoms with Crippen molar-refractivity contribution in [3.63, 3.8) is 0 Å². The number of carbonyl (C=O) groups excluding carboxylic acids is 2. The first-order valence-electron chi connectivity index (χ1n) is 6.51. The molecule has 1 aliphatic rings. The Morgan fingerprint density at radius 1 is 1.40 bits per heavy atom. The minimum atomic E-state index is -0.549. The van der Waals surface area contributed by atoms with E-state index < -0.39 is 11.7 Å². The number of hydrogen-bond donors (Lipinski definition) is 2. The molecule has 1 heterocycles. The van der Waals surface area contributed by atoms with Crippen molar-refractivity contribution in [3.8, 4) is 0 Å². The van der Waals surface area contributed by atoms with Gasteiger partial charge in [0.2, 0.25) is 5.91 Å². The molecule has 0 aliphatic heterocycles. The second-order valence-electron chi connectivity index (χ2n) is 5.95. The minimum Gasteiger partial charge on any atom is -0.444 e. The highest BCUT2D eigenvalue weighted by atomic mass is 16.6. The molecule has 2 atom stereocenters. The average Bonchev–Trinajstić information content (AvgIpc) is 3.07. The monoisotopic (exact) mass is 277 g/mol. The van der Waals surface area contributed by atoms with Gasteiger partial charge < -0.3 is 10.5 Å². The van der Waals surface area contributed by atoms with Crippen molar-refractivity contribution in [2.45, 2.75) is 38.7 Å². The first kappa shape index (κ1) is 14.3. The number of ether oxygens (including phenoxy) is 1. The molecule has 2 rings (SSSR count). The summed E-state index contributed by atoms with van der Waals surface area (Å²) in [5.74, 6) is 0.224. The van der Waals surface area contributed by atoms with Crippen LogP contribution in [0.5, 0.6) is 0 Å². The number of nitrogens with two attached hydrogens (primary N) is 1. The summed E-state index contributed by atoms with van der Waals surface area (Å²) in [6.07, 6.45) is 1.88. The predicted molar refractivity (Wildman–Crippen MR) is 74.1 cm³/mol. The summed E-state index contributed by atoms with van der Waals surface area (Å²) in [7, 11) is 0. The molecule has 6 heteroatoms. The maximum atomic E-state index is 11.6. The second-order valence-corrected chi connectivity index (χ2v) is 5.95. The molecular weight excluding hydrogens is 258 g/mol. The summed E-state index contributed by atoms with van der Waals surface area (Å²) >= 11 is 0. The lowest BCUT2D eigenvalue weighted by atomic mass is 10.1. The van der Waals surface area contributed by atoms with E-state index in [4.69, 9.17) is 10.5 Å². The van der Waals surface area contributed by atoms with E-state index >= 15 is 0 Å². The Hall–Kier alpha value is -2.11. The van der Waals surface area contributed by atoms with Gasteiger partial charge in [0.25, 0.3) is 0 Å². The standard InChI is InChI=1S/C14H19N3O3/c1-14(2,3)20-13(19)17-11-5-4-8(7-16-11)9-6-10(9)12(15)18/h4-5,7,9-10H,6H2,1-3H3,(H2,15,18)(H,16,17,19)/t9-,10+/m1/s1. The number of anilines is 1. The summed E-state index contributed by atoms with van der Waals surface area (Å²) in [5, 5.41) is 2.56. The molecular formula is C14H19N3O3. The molecule has 0 spiro atoms. The highest BCUT2D eigenvalue weighted by Crippen LogP contribution is 2.46. The average molecular weight is 277 g/mol. The molecule has 1 fully saturated rings. The smallest absolute Gasteiger partial charge is 0.413 e. The summed E-state index contributed by atoms with van der Waals surface area (Å²) in [5.41, 5.74) is 5.66. The normalized spacial score (nSPS) is 21.1. The van der Waals surface area contributed by atoms with Crippen LogP contribution in [0.15, 0.2) is 18.3 Å². The number of hydrogen-bond acceptors (Lipinski definition) is 4. The predicted octanol–water partition coefficient (Wildman–Crippen LogP) is 2.02. The fourth-order valence-electron chi connectivity index (χ4n) is 1.98. The van der Waals surface area contributed by atoms with Gasteiger partial charge in [0.05, 0.1) is 0 Å². The third-order valence-electron chi connectivity index (χ3n) is 3.00. The van der Waals surface area contributed by atoms with E-state index in [1.165, 1.54) is 0 Å². The van der Waals surface area contributed by atoms with Gasteiger partial charge in [-0.3, -0.25) is 10.1 Å². The van der Waals surface area contributed by atoms with Crippen LogP contribution in [0.4, 0.5) is 10.6 Å². The molecule has 0 bridgehead atoms. The number of pyridine rings is 1. The van der Waals surface area contributed by atoms with E-state index in [1.807, 2.05) is 6.07 Å². The fourth-order valence-corrected chi connectivity index (χ4v) is 1.98. The number of carbonyl (C=O) groups is 2. The van der Waals surface area contributed by atoms with Crippen molar-refractivity contribution in [1.29, 1.82) is 0 Å². The van der Waals surface area contributed by atoms with Crippen LogP contribution in [0.3, 0.4) is 0 Å². The Labute approximate surface area is 117 Å². The van der Waals surface area contributed by atoms with Crippen molar-refractivity contribution < 1.29 is 14.3 Å². The third-order valence-corrected chi connectivity index (χ3v) is 3.00. The molecule has 3 N–H and O–H groups in total. The van der Waals surface area contributed by atoms with Crippen LogP contribution in [-0.2, 0) is 9.53 Å². The molecule has 2 amide bonds. The van der Waals surface area contributed by atoms with Crippen LogP contribution in [0.25, 0.3) is 0 Å². The topological polar surface area (TPSA) is 94.3 Å². The number of amides is 2. The van der Waals surface area contributed by atoms with Gasteiger partial charge >= 0.3 is 6.09 Å². The molecule has 20 heavy (non-hydrogen) atoms. The number of nitrogens with one attached hydrogen (secondary N) is 1. The third kappa shape index (κ3) is 3.69. The summed E-state index contributed by atoms with van der Waals surface area (Å²) in [6, 6.07) is 3.53. The largest absolute Gasteiger partial charge is 0.444 e. The van der Waals surface area contributed by atoms with Gasteiger partial charge in [-0.1, -0.05) is 6.07 Å². The van der Waals surface area contributed by atoms with Gasteiger partial charge in [-0.05, 0) is 44.7 Å². The van der Waals surface area contributed by atoms with E-state index in [0.29, 0.717) is 5.82 Å². The Balaban J connectivity index is 1.93. The SMILES string of the molecule is CC(C)(C)OC(=O)Nc1ccc([C@H]2C[C@@H]2C(N)=O)cn1. The molecule has 0 unspecified atom stereocenters. The number of primary amides is 1. The number of nitrogens with zero attached hydrogens (tertiary/aromatic N) is 1. The second kappa shape index (κ2) is 5.11. The summed E-state index contributed by atoms with van der Waals surface area (Å²) < 4.78 is 5.13. The minimum absolute atomic E-state index is 0.0820. The zero-order chi connectivity index (χ0) is 14.9. The van der Waals surface area contributed by atoms with Crippen LogP contribution in [0.2, 0.25) is 0 Å². The van der Waals surface area contributed by atoms with Gasteiger partial charge in [0, 0.05) is 12.1 Å². The van der Waals surface area contributed by atoms with E-state index in [-0.39, 0.29) is 17.7 Å². The maximum absolute atomic E-state index is 11.6. The molecule has 0 radical (unpaired) electrons. The van der Waals surface area contributed by atoms with Crippen molar-refractivity contribution in [2.24, 2.45) is 11.7 Å². The van der Waals surface area contributed by atoms with Crippen molar-refractivity contribution >= 4 is 17.8 Å². The van der Waals surface area contributed by atoms with Gasteiger partial charge in [0.1, 0.15) is 11.4 Å². The molecule has 1 aliphatic carbocycles. The van der Waals surface area contributed by atoms with Gasteiger partial charge in [-0.2, -0.15) is 0 Å². The van der Waals surface area contributed by atoms with Crippen LogP contribution < -0.4 is 11.1 Å². The van der Waals surface area contributed by atoms with Gasteiger partial charge in [0.15, 0.2) is 0 Å². The lowest BCUT2D eigenvalue weighted by Gasteiger charge is -2.19. The van der Waals surface area contributed by atoms with Crippen molar-refractivity contribution in [2.75, 3.05) is 5.32 Å². The van der Waals surface area contributed by atoms with Crippen LogP contribution in [0.1, 0.15) is 38.7 Å². The summed E-state index contributed by atoms with van der Waals surface area (Å²) in [4.78, 5) is 26.7. The molecule has 0 saturated heterocycles. The van der Waals surface area contributed by atoms with Crippen molar-refractivity contribution in [1.82, 2.24) is 4.98 Å². The highest BCUT2D eigenvalue weighted by molar-refractivity contribution is 5.83. The van der Waals surface area contributed by atoms with E-state index in [0.717, 1.165) is 12.0 Å². The molecule has 108 valence electrons. The quantitative estimate of drug-likeness (QED) is 0.883. The lowest BCUT2D eigenvalue weighted by molar-refractivity contribution is -0.119. The van der Waals surface area contributed by atoms with Crippen molar-refractivity contribution in [3.05, 3.63) is 23.9 Å². The maximum Gasteiger partial charge on any atom is 0.413 e. The first-order valence-corrected chi connectivity index (χ1v) is 6.51. The molecule has 1 saturated carbocycles. The Morgan fingerprint density at radius 2 is 2.10 bits per heavy atom. The fraction of sp³-hybridized carbons (Fsp3) is 0.500. The van der Waals surface area contributed by atoms with Gasteiger partial charge in [-0.15, -0.1) is 0 Å². The lowest BCUT2D eigenvalue weighted by Crippen LogP contribution is -2.27. The van der Waals surface area contributed by atoms with Crippen LogP contribution in [0, 0.1) is 5.92 Å². The number of rotatable bonds is 3. The zero-order valence-electron chi connectivity index (χ0n) is 11.8. The molecule has 1 aromatic rings. The number of aromatic nitrogens is 1.